The first-order chi connectivity index (χ1) is 15.2. The van der Waals surface area contributed by atoms with Gasteiger partial charge in [0.25, 0.3) is 0 Å². The normalized spacial score (nSPS) is 20.4. The van der Waals surface area contributed by atoms with Crippen molar-refractivity contribution in [1.82, 2.24) is 4.90 Å². The average Bonchev–Trinajstić information content (AvgIpc) is 3.17. The number of nitrogens with zero attached hydrogens (tertiary/aromatic N) is 2. The van der Waals surface area contributed by atoms with Crippen LogP contribution in [0.5, 0.6) is 11.5 Å². The van der Waals surface area contributed by atoms with E-state index in [1.165, 1.54) is 0 Å². The minimum atomic E-state index is 0.0459. The maximum absolute atomic E-state index is 13.2. The molecular weight excluding hydrogens is 412 g/mol. The van der Waals surface area contributed by atoms with Crippen molar-refractivity contribution in [1.29, 1.82) is 0 Å². The molecule has 2 amide bonds. The molecule has 0 bridgehead atoms. The molecule has 3 aliphatic heterocycles. The van der Waals surface area contributed by atoms with Crippen LogP contribution in [0.1, 0.15) is 37.3 Å². The van der Waals surface area contributed by atoms with Gasteiger partial charge in [0.15, 0.2) is 11.5 Å². The Balaban J connectivity index is 1.29. The summed E-state index contributed by atoms with van der Waals surface area (Å²) in [5.41, 5.74) is 2.00. The molecule has 0 saturated carbocycles. The highest BCUT2D eigenvalue weighted by Gasteiger charge is 2.32. The van der Waals surface area contributed by atoms with E-state index in [-0.39, 0.29) is 17.9 Å². The van der Waals surface area contributed by atoms with Gasteiger partial charge in [-0.2, -0.15) is 0 Å². The van der Waals surface area contributed by atoms with Crippen molar-refractivity contribution < 1.29 is 19.1 Å². The summed E-state index contributed by atoms with van der Waals surface area (Å²) in [6, 6.07) is 14.0. The maximum Gasteiger partial charge on any atom is 0.237 e. The number of likely N-dealkylation sites (tertiary alicyclic amines) is 1. The van der Waals surface area contributed by atoms with Crippen molar-refractivity contribution in [2.45, 2.75) is 36.6 Å². The fourth-order valence-corrected chi connectivity index (χ4v) is 5.48. The van der Waals surface area contributed by atoms with Crippen molar-refractivity contribution in [3.63, 3.8) is 0 Å². The fourth-order valence-electron chi connectivity index (χ4n) is 4.55. The second kappa shape index (κ2) is 8.83. The number of hydrogen-bond acceptors (Lipinski definition) is 5. The number of hydrogen-bond donors (Lipinski definition) is 0. The Morgan fingerprint density at radius 2 is 1.90 bits per heavy atom. The van der Waals surface area contributed by atoms with E-state index in [4.69, 9.17) is 9.47 Å². The van der Waals surface area contributed by atoms with Gasteiger partial charge in [-0.25, -0.2) is 0 Å². The number of benzene rings is 2. The summed E-state index contributed by atoms with van der Waals surface area (Å²) in [4.78, 5) is 30.5. The number of ether oxygens (including phenoxy) is 2. The van der Waals surface area contributed by atoms with E-state index < -0.39 is 0 Å². The Morgan fingerprint density at radius 3 is 2.81 bits per heavy atom. The summed E-state index contributed by atoms with van der Waals surface area (Å²) >= 11 is 1.56. The molecule has 1 fully saturated rings. The number of carbonyl (C=O) groups excluding carboxylic acids is 2. The highest BCUT2D eigenvalue weighted by Crippen LogP contribution is 2.39. The zero-order valence-corrected chi connectivity index (χ0v) is 18.2. The fraction of sp³-hybridized carbons (Fsp3) is 0.417. The number of rotatable bonds is 4. The van der Waals surface area contributed by atoms with Crippen LogP contribution in [0.2, 0.25) is 0 Å². The summed E-state index contributed by atoms with van der Waals surface area (Å²) in [6.45, 7) is 2.47. The predicted octanol–water partition coefficient (Wildman–Crippen LogP) is 4.04. The second-order valence-electron chi connectivity index (χ2n) is 8.05. The van der Waals surface area contributed by atoms with Gasteiger partial charge in [0.1, 0.15) is 0 Å². The van der Waals surface area contributed by atoms with Gasteiger partial charge in [-0.15, -0.1) is 11.8 Å². The van der Waals surface area contributed by atoms with Gasteiger partial charge in [-0.1, -0.05) is 18.2 Å². The maximum atomic E-state index is 13.2. The van der Waals surface area contributed by atoms with E-state index in [9.17, 15) is 9.59 Å². The number of anilines is 1. The summed E-state index contributed by atoms with van der Waals surface area (Å²) in [6.07, 6.45) is 3.11. The van der Waals surface area contributed by atoms with E-state index in [0.717, 1.165) is 53.5 Å². The van der Waals surface area contributed by atoms with Crippen LogP contribution >= 0.6 is 11.8 Å². The molecule has 6 nitrogen and oxygen atoms in total. The van der Waals surface area contributed by atoms with Crippen molar-refractivity contribution >= 4 is 29.3 Å². The van der Waals surface area contributed by atoms with Gasteiger partial charge in [0.05, 0.1) is 30.7 Å². The van der Waals surface area contributed by atoms with Crippen LogP contribution in [0.3, 0.4) is 0 Å². The number of fused-ring (bicyclic) bond motifs is 2. The average molecular weight is 439 g/mol. The summed E-state index contributed by atoms with van der Waals surface area (Å²) < 4.78 is 11.6. The molecule has 2 aromatic rings. The van der Waals surface area contributed by atoms with Crippen LogP contribution in [-0.2, 0) is 9.59 Å². The molecule has 31 heavy (non-hydrogen) atoms. The Hall–Kier alpha value is -2.67. The highest BCUT2D eigenvalue weighted by atomic mass is 32.2. The molecule has 2 aromatic carbocycles. The highest BCUT2D eigenvalue weighted by molar-refractivity contribution is 8.00. The first-order valence-corrected chi connectivity index (χ1v) is 11.9. The minimum Gasteiger partial charge on any atom is -0.490 e. The molecule has 7 heteroatoms. The topological polar surface area (TPSA) is 59.1 Å². The van der Waals surface area contributed by atoms with Gasteiger partial charge in [0.2, 0.25) is 11.8 Å². The van der Waals surface area contributed by atoms with Gasteiger partial charge in [-0.05, 0) is 42.7 Å². The standard InChI is InChI=1S/C24H26N2O4S/c27-23(10-12-26-19-5-1-2-7-22(19)31-16-24(26)28)25-11-3-6-18(25)17-8-9-20-21(15-17)30-14-4-13-29-20/h1-2,5,7-9,15,18H,3-4,6,10-14,16H2/t18-/m0/s1. The molecular formula is C24H26N2O4S. The number of thioether (sulfide) groups is 1. The first-order valence-electron chi connectivity index (χ1n) is 10.9. The third-order valence-corrected chi connectivity index (χ3v) is 7.13. The third kappa shape index (κ3) is 4.11. The van der Waals surface area contributed by atoms with Crippen LogP contribution in [0.4, 0.5) is 5.69 Å². The molecule has 0 N–H and O–H groups in total. The Morgan fingerprint density at radius 1 is 1.06 bits per heavy atom. The summed E-state index contributed by atoms with van der Waals surface area (Å²) in [7, 11) is 0. The zero-order valence-electron chi connectivity index (χ0n) is 17.4. The third-order valence-electron chi connectivity index (χ3n) is 6.09. The molecule has 1 atom stereocenters. The van der Waals surface area contributed by atoms with Crippen molar-refractivity contribution in [2.75, 3.05) is 37.0 Å². The smallest absolute Gasteiger partial charge is 0.237 e. The van der Waals surface area contributed by atoms with Crippen LogP contribution in [0.15, 0.2) is 47.4 Å². The molecule has 0 aliphatic carbocycles. The number of para-hydroxylation sites is 1. The van der Waals surface area contributed by atoms with Crippen LogP contribution < -0.4 is 14.4 Å². The quantitative estimate of drug-likeness (QED) is 0.721. The molecule has 5 rings (SSSR count). The van der Waals surface area contributed by atoms with Crippen molar-refractivity contribution in [2.24, 2.45) is 0 Å². The van der Waals surface area contributed by atoms with Gasteiger partial charge >= 0.3 is 0 Å². The first kappa shape index (κ1) is 20.2. The Kier molecular flexibility index (Phi) is 5.76. The molecule has 162 valence electrons. The molecule has 0 spiro atoms. The van der Waals surface area contributed by atoms with E-state index in [1.807, 2.05) is 47.4 Å². The lowest BCUT2D eigenvalue weighted by Gasteiger charge is -2.30. The lowest BCUT2D eigenvalue weighted by atomic mass is 10.0. The van der Waals surface area contributed by atoms with E-state index in [2.05, 4.69) is 0 Å². The zero-order chi connectivity index (χ0) is 21.2. The Labute approximate surface area is 186 Å². The molecule has 1 saturated heterocycles. The minimum absolute atomic E-state index is 0.0459. The lowest BCUT2D eigenvalue weighted by Crippen LogP contribution is -2.39. The summed E-state index contributed by atoms with van der Waals surface area (Å²) in [5, 5.41) is 0. The van der Waals surface area contributed by atoms with Gasteiger partial charge in [-0.3, -0.25) is 9.59 Å². The van der Waals surface area contributed by atoms with Gasteiger partial charge in [0, 0.05) is 30.8 Å². The van der Waals surface area contributed by atoms with E-state index in [1.54, 1.807) is 16.7 Å². The SMILES string of the molecule is O=C1CSc2ccccc2N1CCC(=O)N1CCC[C@H]1c1ccc2c(c1)OCCCO2. The largest absolute Gasteiger partial charge is 0.490 e. The molecule has 0 unspecified atom stereocenters. The molecule has 0 aromatic heterocycles. The van der Waals surface area contributed by atoms with Crippen LogP contribution in [-0.4, -0.2) is 48.8 Å². The number of carbonyl (C=O) groups is 2. The monoisotopic (exact) mass is 438 g/mol. The molecule has 3 heterocycles. The number of amides is 2. The second-order valence-corrected chi connectivity index (χ2v) is 9.07. The van der Waals surface area contributed by atoms with Crippen LogP contribution in [0, 0.1) is 0 Å². The lowest BCUT2D eigenvalue weighted by molar-refractivity contribution is -0.132. The van der Waals surface area contributed by atoms with E-state index >= 15 is 0 Å². The van der Waals surface area contributed by atoms with Gasteiger partial charge < -0.3 is 19.3 Å². The molecule has 0 radical (unpaired) electrons. The van der Waals surface area contributed by atoms with Crippen molar-refractivity contribution in [3.8, 4) is 11.5 Å². The van der Waals surface area contributed by atoms with E-state index in [0.29, 0.717) is 31.9 Å². The summed E-state index contributed by atoms with van der Waals surface area (Å²) in [5.74, 6) is 2.13. The Bertz CT molecular complexity index is 995. The van der Waals surface area contributed by atoms with Crippen molar-refractivity contribution in [3.05, 3.63) is 48.0 Å². The molecule has 3 aliphatic rings. The predicted molar refractivity (Wildman–Crippen MR) is 120 cm³/mol. The van der Waals surface area contributed by atoms with Crippen LogP contribution in [0.25, 0.3) is 0 Å².